The molecule has 1 aromatic carbocycles. The Kier molecular flexibility index (Phi) is 4.28. The molecule has 2 aromatic heterocycles. The van der Waals surface area contributed by atoms with E-state index in [-0.39, 0.29) is 18.5 Å². The molecule has 0 spiro atoms. The van der Waals surface area contributed by atoms with Crippen LogP contribution in [0.3, 0.4) is 0 Å². The summed E-state index contributed by atoms with van der Waals surface area (Å²) in [6.45, 7) is 1.21. The zero-order chi connectivity index (χ0) is 19.0. The minimum absolute atomic E-state index is 0.0638. The van der Waals surface area contributed by atoms with Crippen LogP contribution in [-0.4, -0.2) is 53.7 Å². The van der Waals surface area contributed by atoms with Gasteiger partial charge in [0.25, 0.3) is 0 Å². The highest BCUT2D eigenvalue weighted by atomic mass is 19.4. The molecule has 1 aliphatic rings. The van der Waals surface area contributed by atoms with E-state index in [1.807, 2.05) is 4.57 Å². The number of likely N-dealkylation sites (tertiary alicyclic amines) is 1. The fourth-order valence-electron chi connectivity index (χ4n) is 3.38. The monoisotopic (exact) mass is 379 g/mol. The van der Waals surface area contributed by atoms with Crippen LogP contribution in [-0.2, 0) is 17.5 Å². The van der Waals surface area contributed by atoms with Crippen LogP contribution in [0.5, 0.6) is 0 Å². The Labute approximate surface area is 151 Å². The maximum atomic E-state index is 12.8. The van der Waals surface area contributed by atoms with Crippen molar-refractivity contribution in [1.82, 2.24) is 34.7 Å². The second kappa shape index (κ2) is 6.63. The number of fused-ring (bicyclic) bond motifs is 1. The highest BCUT2D eigenvalue weighted by Gasteiger charge is 2.31. The lowest BCUT2D eigenvalue weighted by atomic mass is 10.0. The summed E-state index contributed by atoms with van der Waals surface area (Å²) in [5.74, 6) is -0.0638. The van der Waals surface area contributed by atoms with Gasteiger partial charge in [0.2, 0.25) is 5.91 Å². The molecule has 27 heavy (non-hydrogen) atoms. The van der Waals surface area contributed by atoms with Crippen molar-refractivity contribution in [1.29, 1.82) is 0 Å². The van der Waals surface area contributed by atoms with Gasteiger partial charge in [-0.2, -0.15) is 13.2 Å². The van der Waals surface area contributed by atoms with E-state index in [2.05, 4.69) is 20.5 Å². The zero-order valence-corrected chi connectivity index (χ0v) is 14.2. The van der Waals surface area contributed by atoms with Crippen molar-refractivity contribution in [2.75, 3.05) is 13.1 Å². The van der Waals surface area contributed by atoms with Crippen LogP contribution >= 0.6 is 0 Å². The zero-order valence-electron chi connectivity index (χ0n) is 14.2. The predicted octanol–water partition coefficient (Wildman–Crippen LogP) is 1.91. The van der Waals surface area contributed by atoms with Gasteiger partial charge >= 0.3 is 6.18 Å². The number of benzene rings is 1. The van der Waals surface area contributed by atoms with E-state index in [4.69, 9.17) is 0 Å². The summed E-state index contributed by atoms with van der Waals surface area (Å²) in [4.78, 5) is 18.2. The Balaban J connectivity index is 1.44. The molecule has 1 saturated heterocycles. The van der Waals surface area contributed by atoms with E-state index in [9.17, 15) is 18.0 Å². The number of aromatic nitrogens is 6. The number of hydrogen-bond donors (Lipinski definition) is 0. The Morgan fingerprint density at radius 2 is 1.96 bits per heavy atom. The summed E-state index contributed by atoms with van der Waals surface area (Å²) >= 11 is 0. The highest BCUT2D eigenvalue weighted by molar-refractivity contribution is 5.77. The lowest BCUT2D eigenvalue weighted by molar-refractivity contribution is -0.137. The molecule has 1 amide bonds. The molecule has 3 heterocycles. The van der Waals surface area contributed by atoms with Crippen molar-refractivity contribution in [2.24, 2.45) is 0 Å². The third kappa shape index (κ3) is 3.49. The van der Waals surface area contributed by atoms with Crippen molar-refractivity contribution in [3.05, 3.63) is 36.4 Å². The third-order valence-electron chi connectivity index (χ3n) is 4.80. The SMILES string of the molecule is O=C(Cn1cnnn1)N1CCC(n2cnc3cc(C(F)(F)F)ccc32)CC1. The van der Waals surface area contributed by atoms with Gasteiger partial charge in [0.15, 0.2) is 0 Å². The van der Waals surface area contributed by atoms with Gasteiger partial charge < -0.3 is 9.47 Å². The van der Waals surface area contributed by atoms with Crippen LogP contribution in [0.1, 0.15) is 24.4 Å². The Hall–Kier alpha value is -2.98. The molecule has 0 saturated carbocycles. The molecular weight excluding hydrogens is 363 g/mol. The second-order valence-electron chi connectivity index (χ2n) is 6.47. The fraction of sp³-hybridized carbons (Fsp3) is 0.438. The van der Waals surface area contributed by atoms with Gasteiger partial charge in [0, 0.05) is 19.1 Å². The number of carbonyl (C=O) groups excluding carboxylic acids is 1. The van der Waals surface area contributed by atoms with E-state index in [0.29, 0.717) is 37.0 Å². The number of carbonyl (C=O) groups is 1. The molecule has 3 aromatic rings. The van der Waals surface area contributed by atoms with E-state index >= 15 is 0 Å². The summed E-state index contributed by atoms with van der Waals surface area (Å²) in [5, 5.41) is 10.7. The summed E-state index contributed by atoms with van der Waals surface area (Å²) in [6, 6.07) is 3.69. The number of tetrazole rings is 1. The molecule has 0 unspecified atom stereocenters. The summed E-state index contributed by atoms with van der Waals surface area (Å²) in [6.07, 6.45) is -0.0174. The van der Waals surface area contributed by atoms with E-state index < -0.39 is 11.7 Å². The Morgan fingerprint density at radius 1 is 1.19 bits per heavy atom. The maximum Gasteiger partial charge on any atom is 0.416 e. The lowest BCUT2D eigenvalue weighted by Gasteiger charge is -2.32. The number of rotatable bonds is 3. The topological polar surface area (TPSA) is 81.7 Å². The third-order valence-corrected chi connectivity index (χ3v) is 4.80. The molecule has 4 rings (SSSR count). The highest BCUT2D eigenvalue weighted by Crippen LogP contribution is 2.33. The minimum Gasteiger partial charge on any atom is -0.341 e. The molecule has 0 radical (unpaired) electrons. The Morgan fingerprint density at radius 3 is 2.63 bits per heavy atom. The predicted molar refractivity (Wildman–Crippen MR) is 87.4 cm³/mol. The number of piperidine rings is 1. The molecule has 11 heteroatoms. The van der Waals surface area contributed by atoms with Crippen molar-refractivity contribution in [3.8, 4) is 0 Å². The molecule has 0 bridgehead atoms. The quantitative estimate of drug-likeness (QED) is 0.694. The average Bonchev–Trinajstić information content (AvgIpc) is 3.30. The van der Waals surface area contributed by atoms with Crippen molar-refractivity contribution in [2.45, 2.75) is 31.6 Å². The van der Waals surface area contributed by atoms with Crippen LogP contribution in [0.2, 0.25) is 0 Å². The van der Waals surface area contributed by atoms with Crippen molar-refractivity contribution >= 4 is 16.9 Å². The normalized spacial score (nSPS) is 16.2. The first-order valence-corrected chi connectivity index (χ1v) is 8.44. The van der Waals surface area contributed by atoms with E-state index in [0.717, 1.165) is 12.1 Å². The number of alkyl halides is 3. The molecule has 8 nitrogen and oxygen atoms in total. The molecule has 0 N–H and O–H groups in total. The molecule has 1 fully saturated rings. The smallest absolute Gasteiger partial charge is 0.341 e. The van der Waals surface area contributed by atoms with Gasteiger partial charge in [-0.3, -0.25) is 4.79 Å². The summed E-state index contributed by atoms with van der Waals surface area (Å²) in [7, 11) is 0. The standard InChI is InChI=1S/C16H16F3N7O/c17-16(18,19)11-1-2-14-13(7-11)20-9-26(14)12-3-5-24(6-4-12)15(27)8-25-10-21-22-23-25/h1-2,7,9-10,12H,3-6,8H2. The number of amides is 1. The Bertz CT molecular complexity index is 943. The van der Waals surface area contributed by atoms with Gasteiger partial charge in [0.05, 0.1) is 22.9 Å². The maximum absolute atomic E-state index is 12.8. The fourth-order valence-corrected chi connectivity index (χ4v) is 3.38. The number of hydrogen-bond acceptors (Lipinski definition) is 5. The molecule has 0 aliphatic carbocycles. The van der Waals surface area contributed by atoms with Gasteiger partial charge in [-0.15, -0.1) is 5.10 Å². The van der Waals surface area contributed by atoms with Crippen molar-refractivity contribution in [3.63, 3.8) is 0 Å². The number of nitrogens with zero attached hydrogens (tertiary/aromatic N) is 7. The second-order valence-corrected chi connectivity index (χ2v) is 6.47. The van der Waals surface area contributed by atoms with Gasteiger partial charge in [0.1, 0.15) is 12.9 Å². The average molecular weight is 379 g/mol. The molecule has 142 valence electrons. The molecular formula is C16H16F3N7O. The van der Waals surface area contributed by atoms with Crippen molar-refractivity contribution < 1.29 is 18.0 Å². The number of halogens is 3. The van der Waals surface area contributed by atoms with Crippen LogP contribution in [0.15, 0.2) is 30.9 Å². The first-order valence-electron chi connectivity index (χ1n) is 8.44. The largest absolute Gasteiger partial charge is 0.416 e. The van der Waals surface area contributed by atoms with Crippen LogP contribution in [0.4, 0.5) is 13.2 Å². The van der Waals surface area contributed by atoms with E-state index in [1.165, 1.54) is 17.1 Å². The lowest BCUT2D eigenvalue weighted by Crippen LogP contribution is -2.40. The van der Waals surface area contributed by atoms with Gasteiger partial charge in [-0.25, -0.2) is 9.67 Å². The van der Waals surface area contributed by atoms with Crippen LogP contribution < -0.4 is 0 Å². The van der Waals surface area contributed by atoms with Gasteiger partial charge in [-0.05, 0) is 41.5 Å². The number of imidazole rings is 1. The first kappa shape index (κ1) is 17.4. The molecule has 1 aliphatic heterocycles. The van der Waals surface area contributed by atoms with Crippen LogP contribution in [0.25, 0.3) is 11.0 Å². The van der Waals surface area contributed by atoms with Crippen LogP contribution in [0, 0.1) is 0 Å². The summed E-state index contributed by atoms with van der Waals surface area (Å²) < 4.78 is 41.8. The van der Waals surface area contributed by atoms with Gasteiger partial charge in [-0.1, -0.05) is 0 Å². The summed E-state index contributed by atoms with van der Waals surface area (Å²) in [5.41, 5.74) is 0.284. The minimum atomic E-state index is -4.39. The first-order chi connectivity index (χ1) is 12.9. The van der Waals surface area contributed by atoms with E-state index in [1.54, 1.807) is 11.2 Å². The molecule has 0 atom stereocenters.